The maximum absolute atomic E-state index is 13.7. The van der Waals surface area contributed by atoms with Crippen molar-refractivity contribution >= 4 is 20.9 Å². The lowest BCUT2D eigenvalue weighted by Crippen LogP contribution is -2.26. The lowest BCUT2D eigenvalue weighted by Gasteiger charge is -2.20. The lowest BCUT2D eigenvalue weighted by molar-refractivity contribution is 0.152. The fourth-order valence-electron chi connectivity index (χ4n) is 4.03. The van der Waals surface area contributed by atoms with Crippen LogP contribution in [0.1, 0.15) is 56.9 Å². The topological polar surface area (TPSA) is 87.8 Å². The minimum atomic E-state index is -3.34. The van der Waals surface area contributed by atoms with Crippen LogP contribution in [0, 0.1) is 16.7 Å². The molecule has 0 atom stereocenters. The zero-order valence-electron chi connectivity index (χ0n) is 18.8. The van der Waals surface area contributed by atoms with Crippen LogP contribution in [0.2, 0.25) is 0 Å². The van der Waals surface area contributed by atoms with Gasteiger partial charge >= 0.3 is 0 Å². The molecule has 2 heterocycles. The van der Waals surface area contributed by atoms with E-state index in [4.69, 9.17) is 0 Å². The first kappa shape index (κ1) is 23.3. The van der Waals surface area contributed by atoms with Gasteiger partial charge in [-0.25, -0.2) is 26.9 Å². The van der Waals surface area contributed by atoms with Crippen molar-refractivity contribution < 1.29 is 17.2 Å². The van der Waals surface area contributed by atoms with Gasteiger partial charge in [0.1, 0.15) is 11.8 Å². The normalized spacial score (nSPS) is 14.7. The summed E-state index contributed by atoms with van der Waals surface area (Å²) in [6.45, 7) is 7.05. The second kappa shape index (κ2) is 8.50. The van der Waals surface area contributed by atoms with Gasteiger partial charge in [-0.2, -0.15) is 5.26 Å². The Morgan fingerprint density at radius 1 is 1.27 bits per heavy atom. The molecule has 0 radical (unpaired) electrons. The third-order valence-electron chi connectivity index (χ3n) is 5.65. The number of aromatic nitrogens is 2. The monoisotopic (exact) mass is 472 g/mol. The smallest absolute Gasteiger partial charge is 0.264 e. The van der Waals surface area contributed by atoms with Crippen molar-refractivity contribution in [2.75, 3.05) is 0 Å². The summed E-state index contributed by atoms with van der Waals surface area (Å²) in [5.74, 6) is 0. The largest absolute Gasteiger partial charge is 0.347 e. The predicted octanol–water partition coefficient (Wildman–Crippen LogP) is 5.14. The van der Waals surface area contributed by atoms with E-state index in [0.29, 0.717) is 24.9 Å². The summed E-state index contributed by atoms with van der Waals surface area (Å²) >= 11 is 0. The van der Waals surface area contributed by atoms with Gasteiger partial charge in [0.2, 0.25) is 10.0 Å². The van der Waals surface area contributed by atoms with Gasteiger partial charge in [-0.1, -0.05) is 32.9 Å². The maximum atomic E-state index is 13.7. The molecule has 0 spiro atoms. The predicted molar refractivity (Wildman–Crippen MR) is 123 cm³/mol. The molecule has 1 aliphatic carbocycles. The number of benzene rings is 1. The van der Waals surface area contributed by atoms with Gasteiger partial charge in [0, 0.05) is 47.5 Å². The van der Waals surface area contributed by atoms with Crippen LogP contribution in [0.25, 0.3) is 22.0 Å². The molecule has 9 heteroatoms. The van der Waals surface area contributed by atoms with E-state index < -0.39 is 16.4 Å². The summed E-state index contributed by atoms with van der Waals surface area (Å²) in [6, 6.07) is 8.42. The summed E-state index contributed by atoms with van der Waals surface area (Å²) < 4.78 is 56.8. The third-order valence-corrected chi connectivity index (χ3v) is 7.55. The highest BCUT2D eigenvalue weighted by Gasteiger charge is 2.35. The first-order valence-corrected chi connectivity index (χ1v) is 12.3. The minimum Gasteiger partial charge on any atom is -0.347 e. The van der Waals surface area contributed by atoms with Crippen LogP contribution in [0.15, 0.2) is 36.7 Å². The Bertz CT molecular complexity index is 1350. The Morgan fingerprint density at radius 2 is 2.00 bits per heavy atom. The van der Waals surface area contributed by atoms with Crippen molar-refractivity contribution in [3.05, 3.63) is 53.5 Å². The molecular weight excluding hydrogens is 446 g/mol. The van der Waals surface area contributed by atoms with E-state index in [9.17, 15) is 22.5 Å². The Labute approximate surface area is 192 Å². The van der Waals surface area contributed by atoms with E-state index in [2.05, 4.69) is 30.5 Å². The average molecular weight is 473 g/mol. The third kappa shape index (κ3) is 4.92. The fraction of sp³-hybridized carbons (Fsp3) is 0.417. The highest BCUT2D eigenvalue weighted by Crippen LogP contribution is 2.36. The Balaban J connectivity index is 1.83. The summed E-state index contributed by atoms with van der Waals surface area (Å²) in [4.78, 5) is 3.98. The second-order valence-corrected chi connectivity index (χ2v) is 11.7. The van der Waals surface area contributed by atoms with Gasteiger partial charge < -0.3 is 4.57 Å². The molecule has 1 saturated carbocycles. The van der Waals surface area contributed by atoms with Crippen molar-refractivity contribution in [2.24, 2.45) is 5.41 Å². The first-order valence-electron chi connectivity index (χ1n) is 10.8. The number of halogens is 2. The van der Waals surface area contributed by atoms with Gasteiger partial charge in [0.15, 0.2) is 0 Å². The Hall–Kier alpha value is -2.83. The number of pyridine rings is 1. The quantitative estimate of drug-likeness (QED) is 0.516. The molecule has 1 fully saturated rings. The van der Waals surface area contributed by atoms with E-state index >= 15 is 0 Å². The fourth-order valence-corrected chi connectivity index (χ4v) is 5.38. The van der Waals surface area contributed by atoms with Gasteiger partial charge in [0.25, 0.3) is 6.43 Å². The highest BCUT2D eigenvalue weighted by molar-refractivity contribution is 7.90. The van der Waals surface area contributed by atoms with E-state index in [-0.39, 0.29) is 34.0 Å². The molecule has 6 nitrogen and oxygen atoms in total. The van der Waals surface area contributed by atoms with Crippen LogP contribution < -0.4 is 4.72 Å². The number of hydrogen-bond donors (Lipinski definition) is 1. The molecule has 4 rings (SSSR count). The standard InChI is InChI=1S/C24H26F2N4O2S/c1-24(2,3)14-30-13-16(12-29-33(31,32)17-5-6-17)18-7-4-15(10-21(18)30)22-19(23(25)26)8-9-28-20(22)11-27/h4,7-10,13,17,23,29H,5-6,12,14H2,1-3H3. The van der Waals surface area contributed by atoms with Crippen molar-refractivity contribution in [1.29, 1.82) is 5.26 Å². The summed E-state index contributed by atoms with van der Waals surface area (Å²) in [5, 5.41) is 10.0. The van der Waals surface area contributed by atoms with Gasteiger partial charge in [-0.05, 0) is 41.5 Å². The number of nitrogens with zero attached hydrogens (tertiary/aromatic N) is 3. The van der Waals surface area contributed by atoms with Crippen molar-refractivity contribution in [1.82, 2.24) is 14.3 Å². The molecule has 1 aromatic carbocycles. The highest BCUT2D eigenvalue weighted by atomic mass is 32.2. The second-order valence-electron chi connectivity index (χ2n) is 9.68. The minimum absolute atomic E-state index is 0.0569. The lowest BCUT2D eigenvalue weighted by atomic mass is 9.96. The molecule has 0 bridgehead atoms. The Kier molecular flexibility index (Phi) is 6.01. The number of nitrogens with one attached hydrogen (secondary N) is 1. The van der Waals surface area contributed by atoms with Crippen molar-refractivity contribution in [3.8, 4) is 17.2 Å². The van der Waals surface area contributed by atoms with Crippen LogP contribution in [0.3, 0.4) is 0 Å². The number of nitriles is 1. The number of rotatable bonds is 7. The number of sulfonamides is 1. The molecule has 0 amide bonds. The van der Waals surface area contributed by atoms with Gasteiger partial charge in [0.05, 0.1) is 5.25 Å². The van der Waals surface area contributed by atoms with Crippen LogP contribution in [0.5, 0.6) is 0 Å². The molecule has 33 heavy (non-hydrogen) atoms. The van der Waals surface area contributed by atoms with Gasteiger partial charge in [-0.15, -0.1) is 0 Å². The van der Waals surface area contributed by atoms with Crippen molar-refractivity contribution in [2.45, 2.75) is 58.4 Å². The first-order chi connectivity index (χ1) is 15.5. The average Bonchev–Trinajstić information content (AvgIpc) is 3.56. The van der Waals surface area contributed by atoms with Gasteiger partial charge in [-0.3, -0.25) is 0 Å². The summed E-state index contributed by atoms with van der Waals surface area (Å²) in [6.07, 6.45) is 1.75. The molecule has 174 valence electrons. The molecule has 0 aliphatic heterocycles. The van der Waals surface area contributed by atoms with E-state index in [0.717, 1.165) is 16.5 Å². The zero-order chi connectivity index (χ0) is 24.0. The maximum Gasteiger partial charge on any atom is 0.264 e. The number of alkyl halides is 2. The SMILES string of the molecule is CC(C)(C)Cn1cc(CNS(=O)(=O)C2CC2)c2ccc(-c3c(C(F)F)ccnc3C#N)cc21. The summed E-state index contributed by atoms with van der Waals surface area (Å²) in [7, 11) is -3.34. The van der Waals surface area contributed by atoms with Crippen LogP contribution in [0.4, 0.5) is 8.78 Å². The van der Waals surface area contributed by atoms with E-state index in [1.54, 1.807) is 18.2 Å². The zero-order valence-corrected chi connectivity index (χ0v) is 19.6. The van der Waals surface area contributed by atoms with Crippen LogP contribution in [-0.2, 0) is 23.1 Å². The molecule has 0 unspecified atom stereocenters. The van der Waals surface area contributed by atoms with E-state index in [1.165, 1.54) is 12.3 Å². The number of fused-ring (bicyclic) bond motifs is 1. The van der Waals surface area contributed by atoms with Crippen LogP contribution in [-0.4, -0.2) is 23.2 Å². The van der Waals surface area contributed by atoms with Crippen molar-refractivity contribution in [3.63, 3.8) is 0 Å². The molecule has 1 aliphatic rings. The van der Waals surface area contributed by atoms with Crippen LogP contribution >= 0.6 is 0 Å². The molecule has 0 saturated heterocycles. The van der Waals surface area contributed by atoms with E-state index in [1.807, 2.05) is 16.8 Å². The Morgan fingerprint density at radius 3 is 2.61 bits per heavy atom. The number of hydrogen-bond acceptors (Lipinski definition) is 4. The summed E-state index contributed by atoms with van der Waals surface area (Å²) in [5.41, 5.74) is 1.82. The molecular formula is C24H26F2N4O2S. The molecule has 1 N–H and O–H groups in total. The molecule has 2 aromatic heterocycles. The molecule has 3 aromatic rings.